The van der Waals surface area contributed by atoms with Crippen LogP contribution in [0.5, 0.6) is 11.5 Å². The Morgan fingerprint density at radius 2 is 1.82 bits per heavy atom. The number of hydrogen-bond acceptors (Lipinski definition) is 8. The first-order valence-electron chi connectivity index (χ1n) is 16.3. The number of carboxylic acids is 2. The highest BCUT2D eigenvalue weighted by Gasteiger charge is 2.64. The molecule has 3 N–H and O–H groups in total. The Bertz CT molecular complexity index is 1660. The van der Waals surface area contributed by atoms with Gasteiger partial charge in [0.25, 0.3) is 0 Å². The predicted molar refractivity (Wildman–Crippen MR) is 188 cm³/mol. The van der Waals surface area contributed by atoms with Crippen LogP contribution in [0.3, 0.4) is 0 Å². The molecule has 0 saturated carbocycles. The van der Waals surface area contributed by atoms with Crippen LogP contribution in [0, 0.1) is 5.92 Å². The summed E-state index contributed by atoms with van der Waals surface area (Å²) in [6.45, 7) is 2.08. The van der Waals surface area contributed by atoms with Crippen LogP contribution in [0.15, 0.2) is 85.1 Å². The van der Waals surface area contributed by atoms with Gasteiger partial charge >= 0.3 is 11.9 Å². The molecule has 3 heterocycles. The van der Waals surface area contributed by atoms with E-state index in [4.69, 9.17) is 31.3 Å². The van der Waals surface area contributed by atoms with Crippen LogP contribution < -0.4 is 9.47 Å². The van der Waals surface area contributed by atoms with Crippen molar-refractivity contribution >= 4 is 23.5 Å². The number of aromatic nitrogens is 1. The summed E-state index contributed by atoms with van der Waals surface area (Å²) in [5, 5.41) is 27.0. The van der Waals surface area contributed by atoms with E-state index in [9.17, 15) is 14.7 Å². The maximum absolute atomic E-state index is 10.6. The van der Waals surface area contributed by atoms with Gasteiger partial charge in [0.2, 0.25) is 0 Å². The molecule has 11 heteroatoms. The van der Waals surface area contributed by atoms with Gasteiger partial charge in [-0.1, -0.05) is 48.0 Å². The highest BCUT2D eigenvalue weighted by molar-refractivity contribution is 6.30. The highest BCUT2D eigenvalue weighted by atomic mass is 35.5. The summed E-state index contributed by atoms with van der Waals surface area (Å²) < 4.78 is 11.8. The number of nitrogens with zero attached hydrogens (tertiary/aromatic N) is 3. The van der Waals surface area contributed by atoms with Crippen molar-refractivity contribution in [1.29, 1.82) is 0 Å². The summed E-state index contributed by atoms with van der Waals surface area (Å²) in [6, 6.07) is 18.9. The topological polar surface area (TPSA) is 133 Å². The Balaban J connectivity index is 0.000000159. The van der Waals surface area contributed by atoms with Crippen molar-refractivity contribution in [3.8, 4) is 11.5 Å². The molecule has 3 aromatic rings. The quantitative estimate of drug-likeness (QED) is 0.219. The third kappa shape index (κ3) is 7.68. The average molecular weight is 690 g/mol. The molecule has 7 rings (SSSR count). The molecule has 2 aliphatic carbocycles. The summed E-state index contributed by atoms with van der Waals surface area (Å²) in [4.78, 5) is 28.3. The Kier molecular flexibility index (Phi) is 11.4. The number of pyridine rings is 1. The molecular formula is C38H44ClN3O7. The lowest BCUT2D eigenvalue weighted by Gasteiger charge is -2.56. The predicted octanol–water partition coefficient (Wildman–Crippen LogP) is 5.03. The lowest BCUT2D eigenvalue weighted by molar-refractivity contribution is -0.134. The number of hydrogen-bond donors (Lipinski definition) is 3. The molecule has 260 valence electrons. The Hall–Kier alpha value is -4.22. The second-order valence-corrected chi connectivity index (χ2v) is 13.5. The number of aliphatic carboxylic acids is 2. The van der Waals surface area contributed by atoms with Gasteiger partial charge in [0, 0.05) is 57.9 Å². The van der Waals surface area contributed by atoms with E-state index in [1.165, 1.54) is 16.7 Å². The maximum Gasteiger partial charge on any atom is 0.328 e. The van der Waals surface area contributed by atoms with Gasteiger partial charge in [-0.05, 0) is 95.0 Å². The number of aliphatic hydroxyl groups excluding tert-OH is 1. The number of piperidine rings is 1. The molecule has 1 aromatic heterocycles. The Morgan fingerprint density at radius 3 is 2.43 bits per heavy atom. The zero-order valence-corrected chi connectivity index (χ0v) is 29.0. The van der Waals surface area contributed by atoms with Crippen LogP contribution in [-0.4, -0.2) is 102 Å². The minimum absolute atomic E-state index is 0.0806. The number of likely N-dealkylation sites (N-methyl/N-ethyl adjacent to an activating group) is 1. The van der Waals surface area contributed by atoms with Crippen LogP contribution in [0.4, 0.5) is 0 Å². The molecule has 1 unspecified atom stereocenters. The summed E-state index contributed by atoms with van der Waals surface area (Å²) in [6.07, 6.45) is 9.55. The summed E-state index contributed by atoms with van der Waals surface area (Å²) in [5.41, 5.74) is 4.99. The first kappa shape index (κ1) is 36.1. The third-order valence-electron chi connectivity index (χ3n) is 9.90. The lowest BCUT2D eigenvalue weighted by Crippen LogP contribution is -2.64. The lowest BCUT2D eigenvalue weighted by atomic mass is 9.53. The molecule has 1 fully saturated rings. The Labute approximate surface area is 292 Å². The molecule has 10 nitrogen and oxygen atoms in total. The molecule has 0 amide bonds. The Morgan fingerprint density at radius 1 is 1.10 bits per heavy atom. The second kappa shape index (κ2) is 15.6. The highest BCUT2D eigenvalue weighted by Crippen LogP contribution is 2.62. The summed E-state index contributed by atoms with van der Waals surface area (Å²) >= 11 is 5.97. The molecule has 1 spiro atoms. The van der Waals surface area contributed by atoms with Crippen molar-refractivity contribution in [2.24, 2.45) is 5.92 Å². The van der Waals surface area contributed by atoms with Crippen molar-refractivity contribution in [2.75, 3.05) is 41.3 Å². The number of rotatable bonds is 8. The number of ether oxygens (including phenoxy) is 2. The fourth-order valence-corrected chi connectivity index (χ4v) is 7.81. The van der Waals surface area contributed by atoms with E-state index in [2.05, 4.69) is 66.3 Å². The monoisotopic (exact) mass is 689 g/mol. The van der Waals surface area contributed by atoms with Gasteiger partial charge in [-0.25, -0.2) is 9.59 Å². The van der Waals surface area contributed by atoms with E-state index in [0.29, 0.717) is 30.0 Å². The molecular weight excluding hydrogens is 646 g/mol. The minimum Gasteiger partial charge on any atom is -0.493 e. The standard InChI is InChI=1S/C18H21NO3.C16H19ClN2.C4H4O4/c1-19-8-7-18-11-4-5-13(20)17(18)22-16-14(21-2)6-3-10(15(16)18)9-12(11)19;1-19(2)12-10-15(16-5-3-4-11-18-16)13-6-8-14(17)9-7-13;5-3(6)1-2-4(7)8/h3-6,11-13,17,20H,7-9H2,1-2H3;3-9,11,15H,10,12H2,1-2H3;1-2H,(H,5,6)(H,7,8)/b;;2-1-/t11-,12+,13-,17-,18-;;/m0../s1. The van der Waals surface area contributed by atoms with Crippen molar-refractivity contribution in [3.63, 3.8) is 0 Å². The van der Waals surface area contributed by atoms with Gasteiger partial charge in [-0.15, -0.1) is 0 Å². The van der Waals surface area contributed by atoms with Gasteiger partial charge in [-0.2, -0.15) is 0 Å². The molecule has 2 aliphatic heterocycles. The average Bonchev–Trinajstić information content (AvgIpc) is 3.44. The number of likely N-dealkylation sites (tertiary alicyclic amines) is 1. The first-order chi connectivity index (χ1) is 23.5. The fraction of sp³-hybridized carbons (Fsp3) is 0.395. The van der Waals surface area contributed by atoms with Crippen molar-refractivity contribution in [2.45, 2.75) is 48.8 Å². The number of methoxy groups -OCH3 is 1. The maximum atomic E-state index is 10.6. The van der Waals surface area contributed by atoms with Crippen LogP contribution in [0.2, 0.25) is 5.02 Å². The van der Waals surface area contributed by atoms with E-state index in [1.54, 1.807) is 7.11 Å². The van der Waals surface area contributed by atoms with Crippen LogP contribution in [0.25, 0.3) is 0 Å². The SMILES string of the molecule is CN(C)CCC(c1ccc(Cl)cc1)c1ccccn1.COc1ccc2c3c1O[C@H]1[C@@H](O)C=C[C@H]4[C@@H](C2)N(C)CC[C@@]341.O=C(O)/C=C\C(=O)O. The van der Waals surface area contributed by atoms with Gasteiger partial charge in [0.15, 0.2) is 11.5 Å². The molecule has 2 aromatic carbocycles. The minimum atomic E-state index is -1.26. The number of carboxylic acid groups (broad SMARTS) is 2. The van der Waals surface area contributed by atoms with Gasteiger partial charge in [0.05, 0.1) is 7.11 Å². The fourth-order valence-electron chi connectivity index (χ4n) is 7.68. The van der Waals surface area contributed by atoms with E-state index in [0.717, 1.165) is 54.6 Å². The van der Waals surface area contributed by atoms with Crippen molar-refractivity contribution in [1.82, 2.24) is 14.8 Å². The number of benzene rings is 2. The van der Waals surface area contributed by atoms with Crippen LogP contribution >= 0.6 is 11.6 Å². The van der Waals surface area contributed by atoms with Gasteiger partial charge in [-0.3, -0.25) is 4.98 Å². The zero-order chi connectivity index (χ0) is 35.3. The van der Waals surface area contributed by atoms with E-state index in [1.807, 2.05) is 42.6 Å². The molecule has 6 atom stereocenters. The van der Waals surface area contributed by atoms with Crippen LogP contribution in [-0.2, 0) is 21.4 Å². The van der Waals surface area contributed by atoms with Crippen LogP contribution in [0.1, 0.15) is 41.1 Å². The van der Waals surface area contributed by atoms with Gasteiger partial charge in [0.1, 0.15) is 12.2 Å². The number of aliphatic hydroxyl groups is 1. The third-order valence-corrected chi connectivity index (χ3v) is 10.2. The van der Waals surface area contributed by atoms with Crippen molar-refractivity contribution < 1.29 is 34.4 Å². The molecule has 1 saturated heterocycles. The smallest absolute Gasteiger partial charge is 0.328 e. The zero-order valence-electron chi connectivity index (χ0n) is 28.2. The number of halogens is 1. The summed E-state index contributed by atoms with van der Waals surface area (Å²) in [7, 11) is 8.10. The first-order valence-corrected chi connectivity index (χ1v) is 16.7. The normalized spacial score (nSPS) is 24.9. The van der Waals surface area contributed by atoms with Gasteiger partial charge < -0.3 is 34.6 Å². The molecule has 0 radical (unpaired) electrons. The molecule has 2 bridgehead atoms. The van der Waals surface area contributed by atoms with E-state index >= 15 is 0 Å². The molecule has 4 aliphatic rings. The second-order valence-electron chi connectivity index (χ2n) is 13.1. The number of carbonyl (C=O) groups is 2. The van der Waals surface area contributed by atoms with Crippen molar-refractivity contribution in [3.05, 3.63) is 113 Å². The van der Waals surface area contributed by atoms with E-state index in [-0.39, 0.29) is 11.5 Å². The largest absolute Gasteiger partial charge is 0.493 e. The van der Waals surface area contributed by atoms with E-state index < -0.39 is 18.0 Å². The summed E-state index contributed by atoms with van der Waals surface area (Å²) in [5.74, 6) is -0.104. The molecule has 49 heavy (non-hydrogen) atoms.